The molecule has 6 nitrogen and oxygen atoms in total. The van der Waals surface area contributed by atoms with Gasteiger partial charge in [0.1, 0.15) is 0 Å². The number of nitrogens with zero attached hydrogens (tertiary/aromatic N) is 3. The maximum Gasteiger partial charge on any atom is 0.254 e. The van der Waals surface area contributed by atoms with Gasteiger partial charge in [-0.25, -0.2) is 0 Å². The molecule has 132 valence electrons. The van der Waals surface area contributed by atoms with Crippen LogP contribution in [0.5, 0.6) is 0 Å². The summed E-state index contributed by atoms with van der Waals surface area (Å²) >= 11 is 0. The van der Waals surface area contributed by atoms with Gasteiger partial charge in [0, 0.05) is 37.1 Å². The minimum atomic E-state index is -0.175. The molecule has 1 atom stereocenters. The normalized spacial score (nSPS) is 17.7. The summed E-state index contributed by atoms with van der Waals surface area (Å²) in [5.74, 6) is -0.102. The molecule has 3 rings (SSSR count). The quantitative estimate of drug-likeness (QED) is 0.917. The van der Waals surface area contributed by atoms with Gasteiger partial charge >= 0.3 is 0 Å². The zero-order valence-electron chi connectivity index (χ0n) is 14.5. The molecule has 25 heavy (non-hydrogen) atoms. The molecule has 0 unspecified atom stereocenters. The van der Waals surface area contributed by atoms with E-state index in [0.29, 0.717) is 12.1 Å². The molecule has 0 spiro atoms. The zero-order valence-corrected chi connectivity index (χ0v) is 14.5. The Hall–Kier alpha value is -2.47. The first-order valence-electron chi connectivity index (χ1n) is 8.73. The van der Waals surface area contributed by atoms with Crippen molar-refractivity contribution in [3.63, 3.8) is 0 Å². The molecule has 1 fully saturated rings. The molecule has 1 amide bonds. The summed E-state index contributed by atoms with van der Waals surface area (Å²) in [5, 5.41) is 3.38. The Bertz CT molecular complexity index is 764. The van der Waals surface area contributed by atoms with Crippen LogP contribution in [-0.4, -0.2) is 39.5 Å². The van der Waals surface area contributed by atoms with Crippen LogP contribution in [0, 0.1) is 0 Å². The summed E-state index contributed by atoms with van der Waals surface area (Å²) in [6.07, 6.45) is 6.28. The van der Waals surface area contributed by atoms with Crippen molar-refractivity contribution in [2.75, 3.05) is 13.1 Å². The van der Waals surface area contributed by atoms with Gasteiger partial charge in [0.2, 0.25) is 0 Å². The summed E-state index contributed by atoms with van der Waals surface area (Å²) < 4.78 is 1.47. The molecular formula is C19H24N4O2. The Kier molecular flexibility index (Phi) is 5.60. The van der Waals surface area contributed by atoms with Gasteiger partial charge in [0.15, 0.2) is 0 Å². The van der Waals surface area contributed by atoms with Gasteiger partial charge in [0.05, 0.1) is 12.2 Å². The highest BCUT2D eigenvalue weighted by atomic mass is 16.2. The van der Waals surface area contributed by atoms with Crippen molar-refractivity contribution in [2.24, 2.45) is 7.05 Å². The molecule has 0 saturated carbocycles. The fraction of sp³-hybridized carbons (Fsp3) is 0.421. The van der Waals surface area contributed by atoms with Gasteiger partial charge in [-0.1, -0.05) is 6.07 Å². The summed E-state index contributed by atoms with van der Waals surface area (Å²) in [6.45, 7) is 2.33. The number of hydrogen-bond donors (Lipinski definition) is 1. The third-order valence-corrected chi connectivity index (χ3v) is 4.66. The van der Waals surface area contributed by atoms with Crippen molar-refractivity contribution in [3.8, 4) is 0 Å². The molecule has 0 bridgehead atoms. The van der Waals surface area contributed by atoms with Crippen molar-refractivity contribution in [2.45, 2.75) is 31.8 Å². The van der Waals surface area contributed by atoms with E-state index in [9.17, 15) is 9.59 Å². The van der Waals surface area contributed by atoms with E-state index in [1.54, 1.807) is 25.5 Å². The van der Waals surface area contributed by atoms with Crippen LogP contribution in [-0.2, 0) is 13.6 Å². The number of amides is 1. The van der Waals surface area contributed by atoms with Crippen LogP contribution in [0.15, 0.2) is 47.5 Å². The average Bonchev–Trinajstić information content (AvgIpc) is 2.91. The zero-order chi connectivity index (χ0) is 17.6. The van der Waals surface area contributed by atoms with Gasteiger partial charge in [-0.05, 0) is 50.6 Å². The highest BCUT2D eigenvalue weighted by Crippen LogP contribution is 2.19. The van der Waals surface area contributed by atoms with Gasteiger partial charge in [-0.15, -0.1) is 0 Å². The smallest absolute Gasteiger partial charge is 0.254 e. The first-order valence-corrected chi connectivity index (χ1v) is 8.73. The van der Waals surface area contributed by atoms with E-state index in [-0.39, 0.29) is 17.5 Å². The topological polar surface area (TPSA) is 67.2 Å². The predicted molar refractivity (Wildman–Crippen MR) is 96.3 cm³/mol. The van der Waals surface area contributed by atoms with Crippen LogP contribution in [0.4, 0.5) is 0 Å². The Morgan fingerprint density at radius 3 is 2.96 bits per heavy atom. The van der Waals surface area contributed by atoms with Gasteiger partial charge in [0.25, 0.3) is 11.5 Å². The number of aryl methyl sites for hydroxylation is 1. The van der Waals surface area contributed by atoms with Crippen molar-refractivity contribution in [1.29, 1.82) is 0 Å². The number of nitrogens with one attached hydrogen (secondary N) is 1. The van der Waals surface area contributed by atoms with Crippen LogP contribution in [0.25, 0.3) is 0 Å². The third-order valence-electron chi connectivity index (χ3n) is 4.66. The van der Waals surface area contributed by atoms with Crippen LogP contribution in [0.3, 0.4) is 0 Å². The maximum atomic E-state index is 13.2. The van der Waals surface area contributed by atoms with Crippen molar-refractivity contribution in [1.82, 2.24) is 19.8 Å². The maximum absolute atomic E-state index is 13.2. The lowest BCUT2D eigenvalue weighted by atomic mass is 10.1. The molecule has 2 aromatic heterocycles. The minimum absolute atomic E-state index is 0.102. The van der Waals surface area contributed by atoms with E-state index in [4.69, 9.17) is 0 Å². The number of aromatic nitrogens is 2. The number of carbonyl (C=O) groups is 1. The Labute approximate surface area is 147 Å². The fourth-order valence-electron chi connectivity index (χ4n) is 3.19. The number of hydrogen-bond acceptors (Lipinski definition) is 4. The Morgan fingerprint density at radius 2 is 2.20 bits per heavy atom. The minimum Gasteiger partial charge on any atom is -0.330 e. The Morgan fingerprint density at radius 1 is 1.32 bits per heavy atom. The fourth-order valence-corrected chi connectivity index (χ4v) is 3.19. The van der Waals surface area contributed by atoms with Gasteiger partial charge < -0.3 is 14.8 Å². The van der Waals surface area contributed by atoms with E-state index in [2.05, 4.69) is 10.3 Å². The molecule has 1 saturated heterocycles. The lowest BCUT2D eigenvalue weighted by Crippen LogP contribution is -2.41. The second-order valence-electron chi connectivity index (χ2n) is 6.45. The summed E-state index contributed by atoms with van der Waals surface area (Å²) in [5.41, 5.74) is 1.12. The molecule has 1 aliphatic rings. The molecule has 3 heterocycles. The monoisotopic (exact) mass is 340 g/mol. The average molecular weight is 340 g/mol. The first kappa shape index (κ1) is 17.4. The SMILES string of the molecule is Cn1ccc(C(=O)N(Cc2ccccn2)[C@@H]2CCCNCC2)cc1=O. The molecule has 0 aliphatic carbocycles. The second kappa shape index (κ2) is 8.07. The van der Waals surface area contributed by atoms with Crippen LogP contribution in [0.2, 0.25) is 0 Å². The van der Waals surface area contributed by atoms with Crippen molar-refractivity contribution in [3.05, 3.63) is 64.3 Å². The molecule has 1 aliphatic heterocycles. The van der Waals surface area contributed by atoms with Crippen molar-refractivity contribution >= 4 is 5.91 Å². The molecule has 2 aromatic rings. The first-order chi connectivity index (χ1) is 12.1. The second-order valence-corrected chi connectivity index (χ2v) is 6.45. The number of pyridine rings is 2. The van der Waals surface area contributed by atoms with E-state index in [1.165, 1.54) is 10.6 Å². The van der Waals surface area contributed by atoms with Gasteiger partial charge in [-0.2, -0.15) is 0 Å². The van der Waals surface area contributed by atoms with Crippen LogP contribution >= 0.6 is 0 Å². The van der Waals surface area contributed by atoms with Crippen LogP contribution < -0.4 is 10.9 Å². The molecule has 6 heteroatoms. The lowest BCUT2D eigenvalue weighted by Gasteiger charge is -2.31. The standard InChI is InChI=1S/C19H24N4O2/c1-22-12-8-15(13-18(22)24)19(25)23(14-16-5-2-3-10-21-16)17-6-4-9-20-11-7-17/h2-3,5,8,10,12-13,17,20H,4,6-7,9,11,14H2,1H3/t17-/m1/s1. The third kappa shape index (κ3) is 4.33. The number of carbonyl (C=O) groups excluding carboxylic acids is 1. The summed E-state index contributed by atoms with van der Waals surface area (Å²) in [7, 11) is 1.68. The largest absolute Gasteiger partial charge is 0.330 e. The summed E-state index contributed by atoms with van der Waals surface area (Å²) in [4.78, 5) is 31.3. The number of rotatable bonds is 4. The summed E-state index contributed by atoms with van der Waals surface area (Å²) in [6, 6.07) is 9.00. The predicted octanol–water partition coefficient (Wildman–Crippen LogP) is 1.56. The lowest BCUT2D eigenvalue weighted by molar-refractivity contribution is 0.0642. The highest BCUT2D eigenvalue weighted by Gasteiger charge is 2.26. The van der Waals surface area contributed by atoms with E-state index >= 15 is 0 Å². The van der Waals surface area contributed by atoms with E-state index < -0.39 is 0 Å². The molecule has 1 N–H and O–H groups in total. The van der Waals surface area contributed by atoms with Crippen LogP contribution in [0.1, 0.15) is 35.3 Å². The molecule has 0 radical (unpaired) electrons. The highest BCUT2D eigenvalue weighted by molar-refractivity contribution is 5.94. The van der Waals surface area contributed by atoms with Crippen molar-refractivity contribution < 1.29 is 4.79 Å². The molecule has 0 aromatic carbocycles. The molecular weight excluding hydrogens is 316 g/mol. The van der Waals surface area contributed by atoms with E-state index in [1.807, 2.05) is 23.1 Å². The van der Waals surface area contributed by atoms with E-state index in [0.717, 1.165) is 38.0 Å². The Balaban J connectivity index is 1.89. The van der Waals surface area contributed by atoms with Gasteiger partial charge in [-0.3, -0.25) is 14.6 Å².